The highest BCUT2D eigenvalue weighted by molar-refractivity contribution is 7.79. The van der Waals surface area contributed by atoms with Crippen molar-refractivity contribution in [3.63, 3.8) is 0 Å². The van der Waals surface area contributed by atoms with Gasteiger partial charge in [0.05, 0.1) is 30.8 Å². The zero-order valence-corrected chi connectivity index (χ0v) is 11.2. The Bertz CT molecular complexity index is 513. The van der Waals surface area contributed by atoms with Gasteiger partial charge in [0.1, 0.15) is 0 Å². The van der Waals surface area contributed by atoms with Crippen LogP contribution in [-0.4, -0.2) is 48.9 Å². The van der Waals surface area contributed by atoms with E-state index >= 15 is 0 Å². The van der Waals surface area contributed by atoms with Gasteiger partial charge in [-0.1, -0.05) is 0 Å². The summed E-state index contributed by atoms with van der Waals surface area (Å²) in [4.78, 5) is 10.6. The monoisotopic (exact) mass is 284 g/mol. The molecule has 0 aromatic carbocycles. The van der Waals surface area contributed by atoms with Crippen LogP contribution >= 0.6 is 0 Å². The van der Waals surface area contributed by atoms with E-state index in [4.69, 9.17) is 15.0 Å². The Labute approximate surface area is 113 Å². The summed E-state index contributed by atoms with van der Waals surface area (Å²) in [5.74, 6) is 0. The minimum absolute atomic E-state index is 0.0730. The van der Waals surface area contributed by atoms with Crippen LogP contribution in [0.15, 0.2) is 11.2 Å². The van der Waals surface area contributed by atoms with Crippen molar-refractivity contribution in [2.24, 2.45) is 5.73 Å². The van der Waals surface area contributed by atoms with Crippen LogP contribution in [0.4, 0.5) is 0 Å². The molecule has 3 rings (SSSR count). The molecule has 3 N–H and O–H groups in total. The van der Waals surface area contributed by atoms with Crippen LogP contribution in [0.1, 0.15) is 17.8 Å². The van der Waals surface area contributed by atoms with Crippen LogP contribution in [0, 0.1) is 0 Å². The van der Waals surface area contributed by atoms with Gasteiger partial charge in [-0.05, 0) is 6.42 Å². The van der Waals surface area contributed by atoms with E-state index in [9.17, 15) is 4.21 Å². The standard InChI is InChI=1S/C11H16N4O3S/c12-7-1-8(6-18-5-7)15-3-9-10(4-15)14-11(2-13-9)19(16)17/h2,7-8H,1,3-6,12H2,(H,16,17)/t7-,8+/m0/s1. The molecule has 2 aliphatic rings. The van der Waals surface area contributed by atoms with Gasteiger partial charge in [-0.25, -0.2) is 9.19 Å². The third-order valence-corrected chi connectivity index (χ3v) is 4.08. The van der Waals surface area contributed by atoms with Crippen LogP contribution < -0.4 is 5.73 Å². The second kappa shape index (κ2) is 5.22. The van der Waals surface area contributed by atoms with Gasteiger partial charge in [-0.3, -0.25) is 9.88 Å². The van der Waals surface area contributed by atoms with Crippen LogP contribution in [0.5, 0.6) is 0 Å². The molecule has 2 aliphatic heterocycles. The first-order valence-electron chi connectivity index (χ1n) is 6.16. The highest BCUT2D eigenvalue weighted by Gasteiger charge is 2.31. The Morgan fingerprint density at radius 3 is 2.95 bits per heavy atom. The second-order valence-corrected chi connectivity index (χ2v) is 5.86. The van der Waals surface area contributed by atoms with E-state index < -0.39 is 11.1 Å². The molecular weight excluding hydrogens is 268 g/mol. The maximum Gasteiger partial charge on any atom is 0.207 e. The summed E-state index contributed by atoms with van der Waals surface area (Å²) in [5.41, 5.74) is 7.55. The number of hydrogen-bond donors (Lipinski definition) is 2. The summed E-state index contributed by atoms with van der Waals surface area (Å²) in [6.07, 6.45) is 2.26. The first-order valence-corrected chi connectivity index (χ1v) is 7.27. The molecule has 19 heavy (non-hydrogen) atoms. The zero-order chi connectivity index (χ0) is 13.4. The molecule has 3 heterocycles. The number of nitrogens with two attached hydrogens (primary N) is 1. The molecule has 8 heteroatoms. The largest absolute Gasteiger partial charge is 0.378 e. The molecule has 1 aromatic heterocycles. The maximum atomic E-state index is 11.0. The van der Waals surface area contributed by atoms with Crippen LogP contribution in [-0.2, 0) is 28.9 Å². The third kappa shape index (κ3) is 2.67. The predicted octanol–water partition coefficient (Wildman–Crippen LogP) is -0.511. The fraction of sp³-hybridized carbons (Fsp3) is 0.636. The molecule has 1 aromatic rings. The van der Waals surface area contributed by atoms with Crippen LogP contribution in [0.25, 0.3) is 0 Å². The zero-order valence-electron chi connectivity index (χ0n) is 10.4. The average Bonchev–Trinajstić information content (AvgIpc) is 2.81. The molecule has 1 unspecified atom stereocenters. The summed E-state index contributed by atoms with van der Waals surface area (Å²) in [5, 5.41) is 0.109. The van der Waals surface area contributed by atoms with Gasteiger partial charge >= 0.3 is 0 Å². The summed E-state index contributed by atoms with van der Waals surface area (Å²) in [6.45, 7) is 2.61. The summed E-state index contributed by atoms with van der Waals surface area (Å²) in [7, 11) is 0. The lowest BCUT2D eigenvalue weighted by molar-refractivity contribution is 0.00509. The van der Waals surface area contributed by atoms with Crippen molar-refractivity contribution in [1.82, 2.24) is 14.9 Å². The van der Waals surface area contributed by atoms with Gasteiger partial charge in [0, 0.05) is 25.2 Å². The Balaban J connectivity index is 1.74. The number of hydrogen-bond acceptors (Lipinski definition) is 6. The van der Waals surface area contributed by atoms with Crippen molar-refractivity contribution in [1.29, 1.82) is 0 Å². The molecule has 104 valence electrons. The van der Waals surface area contributed by atoms with Gasteiger partial charge in [-0.15, -0.1) is 0 Å². The number of fused-ring (bicyclic) bond motifs is 1. The third-order valence-electron chi connectivity index (χ3n) is 3.53. The predicted molar refractivity (Wildman–Crippen MR) is 67.5 cm³/mol. The topological polar surface area (TPSA) is 102 Å². The molecule has 1 saturated heterocycles. The smallest absolute Gasteiger partial charge is 0.207 e. The van der Waals surface area contributed by atoms with Gasteiger partial charge in [0.15, 0.2) is 5.03 Å². The van der Waals surface area contributed by atoms with Gasteiger partial charge < -0.3 is 15.0 Å². The van der Waals surface area contributed by atoms with E-state index in [0.29, 0.717) is 26.3 Å². The molecular formula is C11H16N4O3S. The van der Waals surface area contributed by atoms with E-state index in [0.717, 1.165) is 17.8 Å². The first-order chi connectivity index (χ1) is 9.13. The number of aromatic nitrogens is 2. The van der Waals surface area contributed by atoms with Gasteiger partial charge in [0.2, 0.25) is 11.1 Å². The van der Waals surface area contributed by atoms with Crippen molar-refractivity contribution in [2.45, 2.75) is 36.6 Å². The van der Waals surface area contributed by atoms with Crippen molar-refractivity contribution in [3.8, 4) is 0 Å². The van der Waals surface area contributed by atoms with E-state index in [1.165, 1.54) is 6.20 Å². The fourth-order valence-electron chi connectivity index (χ4n) is 2.57. The van der Waals surface area contributed by atoms with Crippen molar-refractivity contribution in [3.05, 3.63) is 17.6 Å². The molecule has 7 nitrogen and oxygen atoms in total. The van der Waals surface area contributed by atoms with Crippen molar-refractivity contribution >= 4 is 11.1 Å². The van der Waals surface area contributed by atoms with Gasteiger partial charge in [0.25, 0.3) is 0 Å². The molecule has 0 radical (unpaired) electrons. The normalized spacial score (nSPS) is 29.2. The molecule has 0 bridgehead atoms. The van der Waals surface area contributed by atoms with E-state index in [1.54, 1.807) is 0 Å². The lowest BCUT2D eigenvalue weighted by atomic mass is 10.1. The Hall–Kier alpha value is -0.930. The molecule has 0 amide bonds. The SMILES string of the molecule is N[C@@H]1COC[C@H](N2Cc3ncc(S(=O)O)nc3C2)C1. The first kappa shape index (κ1) is 13.1. The fourth-order valence-corrected chi connectivity index (χ4v) is 2.90. The van der Waals surface area contributed by atoms with Crippen molar-refractivity contribution < 1.29 is 13.5 Å². The highest BCUT2D eigenvalue weighted by atomic mass is 32.2. The minimum atomic E-state index is -2.08. The molecule has 3 atom stereocenters. The van der Waals surface area contributed by atoms with E-state index in [1.807, 2.05) is 0 Å². The summed E-state index contributed by atoms with van der Waals surface area (Å²) >= 11 is -2.08. The Morgan fingerprint density at radius 2 is 2.21 bits per heavy atom. The summed E-state index contributed by atoms with van der Waals surface area (Å²) < 4.78 is 25.5. The molecule has 1 fully saturated rings. The van der Waals surface area contributed by atoms with Crippen LogP contribution in [0.2, 0.25) is 0 Å². The lowest BCUT2D eigenvalue weighted by Gasteiger charge is -2.33. The lowest BCUT2D eigenvalue weighted by Crippen LogP contribution is -2.46. The molecule has 0 spiro atoms. The highest BCUT2D eigenvalue weighted by Crippen LogP contribution is 2.25. The van der Waals surface area contributed by atoms with E-state index in [2.05, 4.69) is 14.9 Å². The second-order valence-electron chi connectivity index (χ2n) is 4.94. The quantitative estimate of drug-likeness (QED) is 0.705. The number of rotatable bonds is 2. The Morgan fingerprint density at radius 1 is 1.42 bits per heavy atom. The Kier molecular flexibility index (Phi) is 3.59. The number of ether oxygens (including phenoxy) is 1. The van der Waals surface area contributed by atoms with Gasteiger partial charge in [-0.2, -0.15) is 0 Å². The number of nitrogens with zero attached hydrogens (tertiary/aromatic N) is 3. The van der Waals surface area contributed by atoms with Crippen molar-refractivity contribution in [2.75, 3.05) is 13.2 Å². The molecule has 0 aliphatic carbocycles. The maximum absolute atomic E-state index is 11.0. The summed E-state index contributed by atoms with van der Waals surface area (Å²) in [6, 6.07) is 0.340. The average molecular weight is 284 g/mol. The van der Waals surface area contributed by atoms with E-state index in [-0.39, 0.29) is 17.1 Å². The van der Waals surface area contributed by atoms with Crippen LogP contribution in [0.3, 0.4) is 0 Å². The minimum Gasteiger partial charge on any atom is -0.378 e. The molecule has 0 saturated carbocycles.